The van der Waals surface area contributed by atoms with Crippen LogP contribution in [0.1, 0.15) is 52.4 Å². The fraction of sp³-hybridized carbons (Fsp3) is 0.355. The SMILES string of the molecule is CCN(CCCNC(=O)[C@H]1c2ccccc2C(=O)N2CCc3cc(OC)c(OC)cc3[C@H]12)c1ccccc1. The van der Waals surface area contributed by atoms with Crippen LogP contribution >= 0.6 is 0 Å². The van der Waals surface area contributed by atoms with Crippen molar-refractivity contribution in [2.75, 3.05) is 45.3 Å². The van der Waals surface area contributed by atoms with E-state index in [1.165, 1.54) is 5.69 Å². The van der Waals surface area contributed by atoms with Crippen LogP contribution in [0.3, 0.4) is 0 Å². The molecule has 3 aromatic rings. The molecule has 0 aromatic heterocycles. The first kappa shape index (κ1) is 25.6. The maximum absolute atomic E-state index is 13.9. The van der Waals surface area contributed by atoms with Gasteiger partial charge in [-0.1, -0.05) is 36.4 Å². The fourth-order valence-corrected chi connectivity index (χ4v) is 5.84. The van der Waals surface area contributed by atoms with E-state index in [2.05, 4.69) is 29.3 Å². The summed E-state index contributed by atoms with van der Waals surface area (Å²) in [6, 6.07) is 21.3. The van der Waals surface area contributed by atoms with Gasteiger partial charge in [0.25, 0.3) is 5.91 Å². The molecule has 198 valence electrons. The van der Waals surface area contributed by atoms with E-state index in [-0.39, 0.29) is 11.8 Å². The first-order valence-electron chi connectivity index (χ1n) is 13.3. The Balaban J connectivity index is 1.41. The summed E-state index contributed by atoms with van der Waals surface area (Å²) < 4.78 is 11.1. The molecule has 0 bridgehead atoms. The second-order valence-corrected chi connectivity index (χ2v) is 9.72. The molecule has 0 radical (unpaired) electrons. The molecule has 2 aliphatic heterocycles. The van der Waals surface area contributed by atoms with Crippen LogP contribution in [0.2, 0.25) is 0 Å². The van der Waals surface area contributed by atoms with E-state index < -0.39 is 12.0 Å². The van der Waals surface area contributed by atoms with E-state index in [4.69, 9.17) is 9.47 Å². The lowest BCUT2D eigenvalue weighted by atomic mass is 9.75. The van der Waals surface area contributed by atoms with Gasteiger partial charge in [0.05, 0.1) is 26.2 Å². The van der Waals surface area contributed by atoms with Gasteiger partial charge in [-0.05, 0) is 66.8 Å². The van der Waals surface area contributed by atoms with Gasteiger partial charge < -0.3 is 24.6 Å². The lowest BCUT2D eigenvalue weighted by molar-refractivity contribution is -0.124. The number of amides is 2. The van der Waals surface area contributed by atoms with E-state index in [1.54, 1.807) is 14.2 Å². The van der Waals surface area contributed by atoms with Gasteiger partial charge in [0.1, 0.15) is 0 Å². The van der Waals surface area contributed by atoms with Crippen molar-refractivity contribution in [3.8, 4) is 11.5 Å². The lowest BCUT2D eigenvalue weighted by Crippen LogP contribution is -2.50. The van der Waals surface area contributed by atoms with Crippen molar-refractivity contribution in [3.63, 3.8) is 0 Å². The number of benzene rings is 3. The van der Waals surface area contributed by atoms with Crippen molar-refractivity contribution < 1.29 is 19.1 Å². The summed E-state index contributed by atoms with van der Waals surface area (Å²) in [6.45, 7) is 4.98. The monoisotopic (exact) mass is 513 g/mol. The zero-order valence-electron chi connectivity index (χ0n) is 22.3. The van der Waals surface area contributed by atoms with Gasteiger partial charge in [0, 0.05) is 37.4 Å². The topological polar surface area (TPSA) is 71.1 Å². The maximum atomic E-state index is 13.9. The van der Waals surface area contributed by atoms with E-state index in [0.717, 1.165) is 36.2 Å². The van der Waals surface area contributed by atoms with Crippen molar-refractivity contribution in [1.29, 1.82) is 0 Å². The van der Waals surface area contributed by atoms with Gasteiger partial charge in [-0.25, -0.2) is 0 Å². The van der Waals surface area contributed by atoms with E-state index in [1.807, 2.05) is 59.5 Å². The minimum absolute atomic E-state index is 0.0310. The first-order chi connectivity index (χ1) is 18.6. The highest BCUT2D eigenvalue weighted by Gasteiger charge is 2.46. The van der Waals surface area contributed by atoms with E-state index >= 15 is 0 Å². The normalized spacial score (nSPS) is 17.7. The number of fused-ring (bicyclic) bond motifs is 4. The van der Waals surface area contributed by atoms with Crippen LogP contribution in [0.15, 0.2) is 66.7 Å². The lowest BCUT2D eigenvalue weighted by Gasteiger charge is -2.45. The van der Waals surface area contributed by atoms with E-state index in [9.17, 15) is 9.59 Å². The first-order valence-corrected chi connectivity index (χ1v) is 13.3. The Hall–Kier alpha value is -4.00. The zero-order chi connectivity index (χ0) is 26.6. The van der Waals surface area contributed by atoms with Crippen LogP contribution in [-0.4, -0.2) is 57.1 Å². The molecule has 0 unspecified atom stereocenters. The third-order valence-electron chi connectivity index (χ3n) is 7.71. The van der Waals surface area contributed by atoms with Gasteiger partial charge in [0.2, 0.25) is 5.91 Å². The number of nitrogens with zero attached hydrogens (tertiary/aromatic N) is 2. The smallest absolute Gasteiger partial charge is 0.254 e. The van der Waals surface area contributed by atoms with Gasteiger partial charge in [-0.3, -0.25) is 9.59 Å². The third kappa shape index (κ3) is 4.69. The molecule has 0 spiro atoms. The summed E-state index contributed by atoms with van der Waals surface area (Å²) in [5.41, 5.74) is 4.58. The van der Waals surface area contributed by atoms with Gasteiger partial charge >= 0.3 is 0 Å². The maximum Gasteiger partial charge on any atom is 0.254 e. The largest absolute Gasteiger partial charge is 0.493 e. The van der Waals surface area contributed by atoms with Gasteiger partial charge in [-0.15, -0.1) is 0 Å². The van der Waals surface area contributed by atoms with Crippen LogP contribution in [0.4, 0.5) is 5.69 Å². The molecule has 7 nitrogen and oxygen atoms in total. The number of rotatable bonds is 9. The second kappa shape index (κ2) is 11.2. The minimum Gasteiger partial charge on any atom is -0.493 e. The average molecular weight is 514 g/mol. The Bertz CT molecular complexity index is 1310. The van der Waals surface area contributed by atoms with Gasteiger partial charge in [0.15, 0.2) is 11.5 Å². The van der Waals surface area contributed by atoms with Crippen LogP contribution < -0.4 is 19.7 Å². The summed E-state index contributed by atoms with van der Waals surface area (Å²) in [5, 5.41) is 3.19. The van der Waals surface area contributed by atoms with Crippen molar-refractivity contribution in [2.45, 2.75) is 31.7 Å². The Morgan fingerprint density at radius 1 is 1.00 bits per heavy atom. The number of hydrogen-bond acceptors (Lipinski definition) is 5. The summed E-state index contributed by atoms with van der Waals surface area (Å²) in [7, 11) is 3.22. The number of ether oxygens (including phenoxy) is 2. The predicted molar refractivity (Wildman–Crippen MR) is 148 cm³/mol. The highest BCUT2D eigenvalue weighted by atomic mass is 16.5. The highest BCUT2D eigenvalue weighted by Crippen LogP contribution is 2.48. The Morgan fingerprint density at radius 3 is 2.45 bits per heavy atom. The Kier molecular flexibility index (Phi) is 7.54. The Labute approximate surface area is 224 Å². The molecule has 0 saturated carbocycles. The third-order valence-corrected chi connectivity index (χ3v) is 7.71. The van der Waals surface area contributed by atoms with Gasteiger partial charge in [-0.2, -0.15) is 0 Å². The Morgan fingerprint density at radius 2 is 1.71 bits per heavy atom. The quantitative estimate of drug-likeness (QED) is 0.425. The number of para-hydroxylation sites is 1. The molecule has 0 aliphatic carbocycles. The number of carbonyl (C=O) groups excluding carboxylic acids is 2. The fourth-order valence-electron chi connectivity index (χ4n) is 5.84. The molecule has 5 rings (SSSR count). The van der Waals surface area contributed by atoms with Crippen LogP contribution in [0.25, 0.3) is 0 Å². The van der Waals surface area contributed by atoms with Crippen molar-refractivity contribution in [3.05, 3.63) is 89.0 Å². The number of carbonyl (C=O) groups is 2. The molecule has 0 saturated heterocycles. The molecule has 2 amide bonds. The van der Waals surface area contributed by atoms with Crippen LogP contribution in [0, 0.1) is 0 Å². The standard InChI is InChI=1S/C31H35N3O4/c1-4-33(22-11-6-5-7-12-22)17-10-16-32-30(35)28-23-13-8-9-14-24(23)31(36)34-18-15-21-19-26(37-2)27(38-3)20-25(21)29(28)34/h5-9,11-14,19-20,28-29H,4,10,15-18H2,1-3H3,(H,32,35)/t28-,29+/m0/s1. The van der Waals surface area contributed by atoms with Crippen LogP contribution in [-0.2, 0) is 11.2 Å². The molecule has 7 heteroatoms. The summed E-state index contributed by atoms with van der Waals surface area (Å²) in [6.07, 6.45) is 1.51. The number of anilines is 1. The van der Waals surface area contributed by atoms with Crippen LogP contribution in [0.5, 0.6) is 11.5 Å². The molecule has 1 N–H and O–H groups in total. The molecule has 38 heavy (non-hydrogen) atoms. The summed E-state index contributed by atoms with van der Waals surface area (Å²) in [4.78, 5) is 31.6. The summed E-state index contributed by atoms with van der Waals surface area (Å²) >= 11 is 0. The number of nitrogens with one attached hydrogen (secondary N) is 1. The zero-order valence-corrected chi connectivity index (χ0v) is 22.3. The molecule has 2 aliphatic rings. The van der Waals surface area contributed by atoms with E-state index in [0.29, 0.717) is 36.6 Å². The second-order valence-electron chi connectivity index (χ2n) is 9.72. The highest BCUT2D eigenvalue weighted by molar-refractivity contribution is 6.01. The predicted octanol–water partition coefficient (Wildman–Crippen LogP) is 4.57. The average Bonchev–Trinajstić information content (AvgIpc) is 2.96. The molecular weight excluding hydrogens is 478 g/mol. The summed E-state index contributed by atoms with van der Waals surface area (Å²) in [5.74, 6) is 0.639. The minimum atomic E-state index is -0.516. The number of methoxy groups -OCH3 is 2. The van der Waals surface area contributed by atoms with Crippen molar-refractivity contribution in [1.82, 2.24) is 10.2 Å². The molecule has 0 fully saturated rings. The molecule has 3 aromatic carbocycles. The molecule has 2 atom stereocenters. The molecule has 2 heterocycles. The van der Waals surface area contributed by atoms with Crippen molar-refractivity contribution >= 4 is 17.5 Å². The van der Waals surface area contributed by atoms with Crippen molar-refractivity contribution in [2.24, 2.45) is 0 Å². The molecular formula is C31H35N3O4. The number of hydrogen-bond donors (Lipinski definition) is 1.